The fourth-order valence-electron chi connectivity index (χ4n) is 2.25. The molecule has 1 atom stereocenters. The first-order chi connectivity index (χ1) is 11.4. The maximum Gasteiger partial charge on any atom is 0.326 e. The normalized spacial score (nSPS) is 12.0. The zero-order chi connectivity index (χ0) is 17.7. The van der Waals surface area contributed by atoms with Crippen LogP contribution in [0.1, 0.15) is 30.8 Å². The summed E-state index contributed by atoms with van der Waals surface area (Å²) in [4.78, 5) is 23.5. The summed E-state index contributed by atoms with van der Waals surface area (Å²) < 4.78 is 6.65. The number of aromatic nitrogens is 2. The molecule has 7 heteroatoms. The summed E-state index contributed by atoms with van der Waals surface area (Å²) >= 11 is 0. The maximum absolute atomic E-state index is 12.2. The highest BCUT2D eigenvalue weighted by atomic mass is 16.5. The van der Waals surface area contributed by atoms with Crippen LogP contribution in [0.5, 0.6) is 5.75 Å². The smallest absolute Gasteiger partial charge is 0.326 e. The Balaban J connectivity index is 2.10. The van der Waals surface area contributed by atoms with Crippen molar-refractivity contribution in [1.82, 2.24) is 15.1 Å². The van der Waals surface area contributed by atoms with Gasteiger partial charge in [-0.3, -0.25) is 4.79 Å². The molecule has 128 valence electrons. The van der Waals surface area contributed by atoms with Gasteiger partial charge in [0, 0.05) is 6.20 Å². The molecule has 24 heavy (non-hydrogen) atoms. The topological polar surface area (TPSA) is 93.5 Å². The van der Waals surface area contributed by atoms with Gasteiger partial charge in [-0.1, -0.05) is 13.8 Å². The molecule has 0 unspecified atom stereocenters. The summed E-state index contributed by atoms with van der Waals surface area (Å²) in [5.41, 5.74) is 0.938. The van der Waals surface area contributed by atoms with E-state index < -0.39 is 17.9 Å². The Bertz CT molecular complexity index is 707. The van der Waals surface area contributed by atoms with Gasteiger partial charge in [0.15, 0.2) is 5.69 Å². The number of carboxylic acid groups (broad SMARTS) is 1. The molecule has 0 radical (unpaired) electrons. The Morgan fingerprint density at radius 2 is 1.92 bits per heavy atom. The standard InChI is InChI=1S/C17H21N3O4/c1-11(2)10-15(17(22)23)18-16(21)14-8-9-20(19-14)12-4-6-13(24-3)7-5-12/h4-9,11,15H,10H2,1-3H3,(H,18,21)(H,22,23)/t15-/m1/s1. The van der Waals surface area contributed by atoms with Crippen molar-refractivity contribution in [3.8, 4) is 11.4 Å². The molecular formula is C17H21N3O4. The minimum Gasteiger partial charge on any atom is -0.497 e. The van der Waals surface area contributed by atoms with Crippen molar-refractivity contribution in [2.24, 2.45) is 5.92 Å². The quantitative estimate of drug-likeness (QED) is 0.810. The average molecular weight is 331 g/mol. The lowest BCUT2D eigenvalue weighted by molar-refractivity contribution is -0.139. The van der Waals surface area contributed by atoms with Crippen LogP contribution in [-0.2, 0) is 4.79 Å². The number of carbonyl (C=O) groups is 2. The third kappa shape index (κ3) is 4.34. The highest BCUT2D eigenvalue weighted by molar-refractivity contribution is 5.94. The van der Waals surface area contributed by atoms with Crippen LogP contribution in [0, 0.1) is 5.92 Å². The second kappa shape index (κ2) is 7.63. The first-order valence-corrected chi connectivity index (χ1v) is 7.64. The number of rotatable bonds is 7. The number of ether oxygens (including phenoxy) is 1. The zero-order valence-electron chi connectivity index (χ0n) is 13.9. The number of carboxylic acids is 1. The lowest BCUT2D eigenvalue weighted by atomic mass is 10.0. The van der Waals surface area contributed by atoms with Gasteiger partial charge < -0.3 is 15.2 Å². The summed E-state index contributed by atoms with van der Waals surface area (Å²) in [5.74, 6) is -0.674. The van der Waals surface area contributed by atoms with Crippen LogP contribution in [0.4, 0.5) is 0 Å². The highest BCUT2D eigenvalue weighted by Gasteiger charge is 2.22. The molecule has 0 saturated heterocycles. The molecule has 2 aromatic rings. The average Bonchev–Trinajstić information content (AvgIpc) is 3.04. The number of nitrogens with zero attached hydrogens (tertiary/aromatic N) is 2. The van der Waals surface area contributed by atoms with E-state index in [9.17, 15) is 14.7 Å². The molecule has 0 saturated carbocycles. The van der Waals surface area contributed by atoms with Crippen molar-refractivity contribution >= 4 is 11.9 Å². The predicted octanol–water partition coefficient (Wildman–Crippen LogP) is 2.11. The van der Waals surface area contributed by atoms with Crippen molar-refractivity contribution in [3.63, 3.8) is 0 Å². The first-order valence-electron chi connectivity index (χ1n) is 7.64. The van der Waals surface area contributed by atoms with E-state index in [1.54, 1.807) is 36.2 Å². The maximum atomic E-state index is 12.2. The van der Waals surface area contributed by atoms with E-state index in [2.05, 4.69) is 10.4 Å². The molecule has 0 aliphatic heterocycles. The Morgan fingerprint density at radius 3 is 2.46 bits per heavy atom. The molecule has 0 spiro atoms. The third-order valence-electron chi connectivity index (χ3n) is 3.47. The second-order valence-corrected chi connectivity index (χ2v) is 5.84. The minimum atomic E-state index is -1.05. The van der Waals surface area contributed by atoms with Crippen LogP contribution >= 0.6 is 0 Å². The van der Waals surface area contributed by atoms with Gasteiger partial charge in [0.1, 0.15) is 11.8 Å². The first kappa shape index (κ1) is 17.5. The lowest BCUT2D eigenvalue weighted by Gasteiger charge is -2.15. The second-order valence-electron chi connectivity index (χ2n) is 5.84. The number of aliphatic carboxylic acids is 1. The number of benzene rings is 1. The van der Waals surface area contributed by atoms with E-state index in [4.69, 9.17) is 4.74 Å². The van der Waals surface area contributed by atoms with Crippen LogP contribution in [0.25, 0.3) is 5.69 Å². The van der Waals surface area contributed by atoms with Gasteiger partial charge in [-0.05, 0) is 42.7 Å². The summed E-state index contributed by atoms with van der Waals surface area (Å²) in [5, 5.41) is 15.9. The van der Waals surface area contributed by atoms with Crippen molar-refractivity contribution in [2.75, 3.05) is 7.11 Å². The van der Waals surface area contributed by atoms with Crippen molar-refractivity contribution in [3.05, 3.63) is 42.2 Å². The van der Waals surface area contributed by atoms with Gasteiger partial charge in [0.2, 0.25) is 0 Å². The molecule has 1 heterocycles. The minimum absolute atomic E-state index is 0.156. The lowest BCUT2D eigenvalue weighted by Crippen LogP contribution is -2.41. The summed E-state index contributed by atoms with van der Waals surface area (Å²) in [7, 11) is 1.58. The summed E-state index contributed by atoms with van der Waals surface area (Å²) in [6.07, 6.45) is 2.01. The van der Waals surface area contributed by atoms with Crippen LogP contribution in [-0.4, -0.2) is 39.9 Å². The molecule has 1 aromatic heterocycles. The van der Waals surface area contributed by atoms with E-state index in [0.29, 0.717) is 6.42 Å². The van der Waals surface area contributed by atoms with Crippen molar-refractivity contribution in [1.29, 1.82) is 0 Å². The molecule has 1 aromatic carbocycles. The number of nitrogens with one attached hydrogen (secondary N) is 1. The SMILES string of the molecule is COc1ccc(-n2ccc(C(=O)N[C@H](CC(C)C)C(=O)O)n2)cc1. The summed E-state index contributed by atoms with van der Waals surface area (Å²) in [6, 6.07) is 7.83. The van der Waals surface area contributed by atoms with Gasteiger partial charge >= 0.3 is 5.97 Å². The van der Waals surface area contributed by atoms with Crippen molar-refractivity contribution < 1.29 is 19.4 Å². The largest absolute Gasteiger partial charge is 0.497 e. The van der Waals surface area contributed by atoms with E-state index in [0.717, 1.165) is 11.4 Å². The fourth-order valence-corrected chi connectivity index (χ4v) is 2.25. The molecule has 0 fully saturated rings. The molecular weight excluding hydrogens is 310 g/mol. The Hall–Kier alpha value is -2.83. The molecule has 0 aliphatic carbocycles. The number of amides is 1. The molecule has 2 N–H and O–H groups in total. The molecule has 0 aliphatic rings. The number of hydrogen-bond donors (Lipinski definition) is 2. The van der Waals surface area contributed by atoms with E-state index in [1.165, 1.54) is 0 Å². The van der Waals surface area contributed by atoms with Gasteiger partial charge in [-0.2, -0.15) is 5.10 Å². The zero-order valence-corrected chi connectivity index (χ0v) is 13.9. The van der Waals surface area contributed by atoms with E-state index in [-0.39, 0.29) is 11.6 Å². The molecule has 2 rings (SSSR count). The Kier molecular flexibility index (Phi) is 5.57. The molecule has 0 bridgehead atoms. The van der Waals surface area contributed by atoms with Gasteiger partial charge in [0.25, 0.3) is 5.91 Å². The summed E-state index contributed by atoms with van der Waals surface area (Å²) in [6.45, 7) is 3.81. The Labute approximate surface area is 140 Å². The molecule has 1 amide bonds. The highest BCUT2D eigenvalue weighted by Crippen LogP contribution is 2.14. The van der Waals surface area contributed by atoms with Crippen LogP contribution in [0.2, 0.25) is 0 Å². The van der Waals surface area contributed by atoms with E-state index >= 15 is 0 Å². The predicted molar refractivity (Wildman–Crippen MR) is 88.5 cm³/mol. The van der Waals surface area contributed by atoms with Gasteiger partial charge in [-0.25, -0.2) is 9.48 Å². The monoisotopic (exact) mass is 331 g/mol. The number of methoxy groups -OCH3 is 1. The number of carbonyl (C=O) groups excluding carboxylic acids is 1. The van der Waals surface area contributed by atoms with Gasteiger partial charge in [0.05, 0.1) is 12.8 Å². The van der Waals surface area contributed by atoms with Crippen LogP contribution in [0.15, 0.2) is 36.5 Å². The van der Waals surface area contributed by atoms with E-state index in [1.807, 2.05) is 26.0 Å². The van der Waals surface area contributed by atoms with Crippen LogP contribution < -0.4 is 10.1 Å². The Morgan fingerprint density at radius 1 is 1.25 bits per heavy atom. The van der Waals surface area contributed by atoms with Gasteiger partial charge in [-0.15, -0.1) is 0 Å². The third-order valence-corrected chi connectivity index (χ3v) is 3.47. The fraction of sp³-hybridized carbons (Fsp3) is 0.353. The van der Waals surface area contributed by atoms with Crippen molar-refractivity contribution in [2.45, 2.75) is 26.3 Å². The number of hydrogen-bond acceptors (Lipinski definition) is 4. The molecule has 7 nitrogen and oxygen atoms in total. The van der Waals surface area contributed by atoms with Crippen LogP contribution in [0.3, 0.4) is 0 Å².